The summed E-state index contributed by atoms with van der Waals surface area (Å²) in [5.74, 6) is 0.687. The summed E-state index contributed by atoms with van der Waals surface area (Å²) in [4.78, 5) is 11.7. The summed E-state index contributed by atoms with van der Waals surface area (Å²) >= 11 is 0. The molecule has 0 radical (unpaired) electrons. The molecular weight excluding hydrogens is 258 g/mol. The number of rotatable bonds is 5. The Morgan fingerprint density at radius 2 is 2.05 bits per heavy atom. The Kier molecular flexibility index (Phi) is 5.82. The standard InChI is InChI=1S/C15H23NO4/c1-15(2,3)20-14(18)16-12-8-7-11(6-5-9-17)13(10-12)19-4/h7-8,10,17H,5-6,9H2,1-4H3,(H,16,18). The maximum Gasteiger partial charge on any atom is 0.412 e. The highest BCUT2D eigenvalue weighted by Gasteiger charge is 2.16. The molecule has 0 saturated heterocycles. The number of benzene rings is 1. The van der Waals surface area contributed by atoms with E-state index in [9.17, 15) is 4.79 Å². The van der Waals surface area contributed by atoms with Crippen LogP contribution in [0.3, 0.4) is 0 Å². The fraction of sp³-hybridized carbons (Fsp3) is 0.533. The number of aliphatic hydroxyl groups excluding tert-OH is 1. The summed E-state index contributed by atoms with van der Waals surface area (Å²) in [6.07, 6.45) is 0.907. The molecule has 112 valence electrons. The van der Waals surface area contributed by atoms with Gasteiger partial charge in [0.25, 0.3) is 0 Å². The van der Waals surface area contributed by atoms with E-state index in [1.165, 1.54) is 0 Å². The van der Waals surface area contributed by atoms with Gasteiger partial charge in [-0.2, -0.15) is 0 Å². The molecule has 0 aromatic heterocycles. The lowest BCUT2D eigenvalue weighted by Crippen LogP contribution is -2.27. The third-order valence-electron chi connectivity index (χ3n) is 2.54. The van der Waals surface area contributed by atoms with Gasteiger partial charge in [-0.1, -0.05) is 6.07 Å². The van der Waals surface area contributed by atoms with E-state index in [2.05, 4.69) is 5.32 Å². The number of carbonyl (C=O) groups excluding carboxylic acids is 1. The van der Waals surface area contributed by atoms with Crippen molar-refractivity contribution < 1.29 is 19.4 Å². The highest BCUT2D eigenvalue weighted by Crippen LogP contribution is 2.24. The van der Waals surface area contributed by atoms with Crippen LogP contribution in [0.2, 0.25) is 0 Å². The van der Waals surface area contributed by atoms with Gasteiger partial charge in [0.2, 0.25) is 0 Å². The topological polar surface area (TPSA) is 67.8 Å². The second-order valence-corrected chi connectivity index (χ2v) is 5.48. The van der Waals surface area contributed by atoms with Crippen molar-refractivity contribution in [2.24, 2.45) is 0 Å². The molecule has 0 aliphatic heterocycles. The van der Waals surface area contributed by atoms with Gasteiger partial charge < -0.3 is 14.6 Å². The second kappa shape index (κ2) is 7.14. The number of aliphatic hydroxyl groups is 1. The molecule has 2 N–H and O–H groups in total. The molecule has 0 spiro atoms. The van der Waals surface area contributed by atoms with Crippen molar-refractivity contribution in [1.82, 2.24) is 0 Å². The average molecular weight is 281 g/mol. The molecule has 0 saturated carbocycles. The van der Waals surface area contributed by atoms with Gasteiger partial charge in [-0.25, -0.2) is 4.79 Å². The Bertz CT molecular complexity index is 452. The number of hydrogen-bond acceptors (Lipinski definition) is 4. The number of methoxy groups -OCH3 is 1. The summed E-state index contributed by atoms with van der Waals surface area (Å²) in [7, 11) is 1.58. The van der Waals surface area contributed by atoms with Crippen LogP contribution in [-0.4, -0.2) is 30.5 Å². The monoisotopic (exact) mass is 281 g/mol. The molecule has 0 unspecified atom stereocenters. The van der Waals surface area contributed by atoms with E-state index in [-0.39, 0.29) is 6.61 Å². The summed E-state index contributed by atoms with van der Waals surface area (Å²) < 4.78 is 10.5. The molecular formula is C15H23NO4. The maximum absolute atomic E-state index is 11.7. The Labute approximate surface area is 119 Å². The van der Waals surface area contributed by atoms with Crippen LogP contribution in [0.15, 0.2) is 18.2 Å². The molecule has 1 aromatic carbocycles. The molecule has 20 heavy (non-hydrogen) atoms. The van der Waals surface area contributed by atoms with Crippen molar-refractivity contribution in [3.05, 3.63) is 23.8 Å². The number of hydrogen-bond donors (Lipinski definition) is 2. The van der Waals surface area contributed by atoms with Crippen molar-refractivity contribution in [3.63, 3.8) is 0 Å². The van der Waals surface area contributed by atoms with Crippen LogP contribution >= 0.6 is 0 Å². The number of aryl methyl sites for hydroxylation is 1. The fourth-order valence-electron chi connectivity index (χ4n) is 1.72. The predicted octanol–water partition coefficient (Wildman–Crippen LogP) is 2.97. The van der Waals surface area contributed by atoms with E-state index in [1.54, 1.807) is 19.2 Å². The van der Waals surface area contributed by atoms with E-state index >= 15 is 0 Å². The van der Waals surface area contributed by atoms with Crippen molar-refractivity contribution >= 4 is 11.8 Å². The first-order valence-corrected chi connectivity index (χ1v) is 6.63. The molecule has 0 heterocycles. The third kappa shape index (κ3) is 5.48. The highest BCUT2D eigenvalue weighted by atomic mass is 16.6. The van der Waals surface area contributed by atoms with Crippen molar-refractivity contribution in [1.29, 1.82) is 0 Å². The van der Waals surface area contributed by atoms with Gasteiger partial charge in [-0.15, -0.1) is 0 Å². The zero-order valence-electron chi connectivity index (χ0n) is 12.5. The SMILES string of the molecule is COc1cc(NC(=O)OC(C)(C)C)ccc1CCCO. The second-order valence-electron chi connectivity index (χ2n) is 5.48. The first-order chi connectivity index (χ1) is 9.35. The van der Waals surface area contributed by atoms with E-state index in [4.69, 9.17) is 14.6 Å². The average Bonchev–Trinajstić information content (AvgIpc) is 2.34. The van der Waals surface area contributed by atoms with Crippen LogP contribution in [-0.2, 0) is 11.2 Å². The van der Waals surface area contributed by atoms with Crippen molar-refractivity contribution in [2.75, 3.05) is 19.0 Å². The molecule has 5 heteroatoms. The van der Waals surface area contributed by atoms with E-state index in [0.29, 0.717) is 17.9 Å². The van der Waals surface area contributed by atoms with Gasteiger partial charge >= 0.3 is 6.09 Å². The van der Waals surface area contributed by atoms with Crippen LogP contribution in [0.25, 0.3) is 0 Å². The normalized spacial score (nSPS) is 11.1. The summed E-state index contributed by atoms with van der Waals surface area (Å²) in [5, 5.41) is 11.5. The van der Waals surface area contributed by atoms with E-state index in [1.807, 2.05) is 26.8 Å². The predicted molar refractivity (Wildman–Crippen MR) is 78.3 cm³/mol. The van der Waals surface area contributed by atoms with Gasteiger partial charge in [0.1, 0.15) is 11.4 Å². The summed E-state index contributed by atoms with van der Waals surface area (Å²) in [5.41, 5.74) is 1.08. The van der Waals surface area contributed by atoms with Gasteiger partial charge in [-0.3, -0.25) is 5.32 Å². The molecule has 0 aliphatic rings. The summed E-state index contributed by atoms with van der Waals surface area (Å²) in [6.45, 7) is 5.57. The van der Waals surface area contributed by atoms with Gasteiger partial charge in [-0.05, 0) is 45.2 Å². The van der Waals surface area contributed by atoms with Crippen LogP contribution in [0.5, 0.6) is 5.75 Å². The molecule has 1 aromatic rings. The minimum Gasteiger partial charge on any atom is -0.496 e. The Morgan fingerprint density at radius 1 is 1.35 bits per heavy atom. The minimum absolute atomic E-state index is 0.140. The molecule has 1 rings (SSSR count). The van der Waals surface area contributed by atoms with Gasteiger partial charge in [0.05, 0.1) is 7.11 Å². The largest absolute Gasteiger partial charge is 0.496 e. The zero-order chi connectivity index (χ0) is 15.2. The van der Waals surface area contributed by atoms with Crippen LogP contribution in [0, 0.1) is 0 Å². The van der Waals surface area contributed by atoms with Crippen molar-refractivity contribution in [3.8, 4) is 5.75 Å². The minimum atomic E-state index is -0.533. The molecule has 0 atom stereocenters. The molecule has 0 aliphatic carbocycles. The zero-order valence-corrected chi connectivity index (χ0v) is 12.5. The first kappa shape index (κ1) is 16.3. The number of anilines is 1. The number of carbonyl (C=O) groups is 1. The smallest absolute Gasteiger partial charge is 0.412 e. The lowest BCUT2D eigenvalue weighted by Gasteiger charge is -2.20. The van der Waals surface area contributed by atoms with Crippen LogP contribution < -0.4 is 10.1 Å². The summed E-state index contributed by atoms with van der Waals surface area (Å²) in [6, 6.07) is 5.41. The number of nitrogens with one attached hydrogen (secondary N) is 1. The maximum atomic E-state index is 11.7. The Hall–Kier alpha value is -1.75. The Morgan fingerprint density at radius 3 is 2.60 bits per heavy atom. The van der Waals surface area contributed by atoms with Crippen LogP contribution in [0.4, 0.5) is 10.5 Å². The fourth-order valence-corrected chi connectivity index (χ4v) is 1.72. The van der Waals surface area contributed by atoms with Gasteiger partial charge in [0, 0.05) is 18.4 Å². The lowest BCUT2D eigenvalue weighted by atomic mass is 10.1. The quantitative estimate of drug-likeness (QED) is 0.870. The van der Waals surface area contributed by atoms with E-state index < -0.39 is 11.7 Å². The molecule has 0 bridgehead atoms. The molecule has 0 fully saturated rings. The lowest BCUT2D eigenvalue weighted by molar-refractivity contribution is 0.0636. The molecule has 5 nitrogen and oxygen atoms in total. The first-order valence-electron chi connectivity index (χ1n) is 6.63. The Balaban J connectivity index is 2.75. The number of ether oxygens (including phenoxy) is 2. The number of amides is 1. The third-order valence-corrected chi connectivity index (χ3v) is 2.54. The highest BCUT2D eigenvalue weighted by molar-refractivity contribution is 5.85. The van der Waals surface area contributed by atoms with Gasteiger partial charge in [0.15, 0.2) is 0 Å². The van der Waals surface area contributed by atoms with E-state index in [0.717, 1.165) is 12.0 Å². The molecule has 1 amide bonds. The van der Waals surface area contributed by atoms with Crippen LogP contribution in [0.1, 0.15) is 32.8 Å². The van der Waals surface area contributed by atoms with Crippen molar-refractivity contribution in [2.45, 2.75) is 39.2 Å².